The minimum absolute atomic E-state index is 0.926. The van der Waals surface area contributed by atoms with Gasteiger partial charge in [-0.1, -0.05) is 6.08 Å². The van der Waals surface area contributed by atoms with Gasteiger partial charge in [-0.3, -0.25) is 4.99 Å². The van der Waals surface area contributed by atoms with Gasteiger partial charge in [0.15, 0.2) is 0 Å². The van der Waals surface area contributed by atoms with Crippen LogP contribution in [0.4, 0.5) is 0 Å². The molecule has 2 heteroatoms. The largest absolute Gasteiger partial charge is 0.351 e. The van der Waals surface area contributed by atoms with E-state index in [2.05, 4.69) is 16.4 Å². The highest BCUT2D eigenvalue weighted by molar-refractivity contribution is 5.80. The van der Waals surface area contributed by atoms with Crippen LogP contribution in [-0.2, 0) is 0 Å². The maximum atomic E-state index is 4.17. The topological polar surface area (TPSA) is 24.4 Å². The predicted molar refractivity (Wildman–Crippen MR) is 34.9 cm³/mol. The highest BCUT2D eigenvalue weighted by atomic mass is 15.0. The zero-order chi connectivity index (χ0) is 5.82. The first-order chi connectivity index (χ1) is 3.89. The average molecular weight is 110 g/mol. The smallest absolute Gasteiger partial charge is 0.0970 e. The first kappa shape index (κ1) is 5.35. The van der Waals surface area contributed by atoms with Crippen molar-refractivity contribution in [3.63, 3.8) is 0 Å². The Hall–Kier alpha value is -0.790. The number of aliphatic imine (C=N–C) groups is 1. The lowest BCUT2D eigenvalue weighted by molar-refractivity contribution is 1.01. The molecule has 0 spiro atoms. The van der Waals surface area contributed by atoms with Crippen molar-refractivity contribution in [2.45, 2.75) is 13.3 Å². The van der Waals surface area contributed by atoms with Crippen LogP contribution < -0.4 is 5.32 Å². The molecule has 0 aromatic rings. The van der Waals surface area contributed by atoms with Gasteiger partial charge in [0.25, 0.3) is 0 Å². The van der Waals surface area contributed by atoms with Crippen LogP contribution >= 0.6 is 0 Å². The van der Waals surface area contributed by atoms with Crippen LogP contribution in [0.2, 0.25) is 0 Å². The summed E-state index contributed by atoms with van der Waals surface area (Å²) in [7, 11) is 0. The van der Waals surface area contributed by atoms with Crippen LogP contribution in [0.15, 0.2) is 17.3 Å². The van der Waals surface area contributed by atoms with Gasteiger partial charge in [0.1, 0.15) is 0 Å². The van der Waals surface area contributed by atoms with E-state index in [4.69, 9.17) is 0 Å². The van der Waals surface area contributed by atoms with Gasteiger partial charge in [-0.25, -0.2) is 0 Å². The Balaban J connectivity index is 2.51. The summed E-state index contributed by atoms with van der Waals surface area (Å²) >= 11 is 0. The molecule has 0 aromatic carbocycles. The SMILES string of the molecule is CC1=NCCC=CN1. The van der Waals surface area contributed by atoms with Gasteiger partial charge < -0.3 is 5.32 Å². The Kier molecular flexibility index (Phi) is 1.67. The zero-order valence-electron chi connectivity index (χ0n) is 5.02. The molecule has 0 amide bonds. The Morgan fingerprint density at radius 2 is 2.62 bits per heavy atom. The number of nitrogens with one attached hydrogen (secondary N) is 1. The summed E-state index contributed by atoms with van der Waals surface area (Å²) in [5, 5.41) is 3.01. The number of rotatable bonds is 0. The van der Waals surface area contributed by atoms with Crippen LogP contribution in [-0.4, -0.2) is 12.4 Å². The van der Waals surface area contributed by atoms with E-state index < -0.39 is 0 Å². The Labute approximate surface area is 49.3 Å². The molecule has 0 saturated heterocycles. The second kappa shape index (κ2) is 2.50. The molecule has 0 atom stereocenters. The third-order valence-electron chi connectivity index (χ3n) is 1.05. The summed E-state index contributed by atoms with van der Waals surface area (Å²) < 4.78 is 0. The molecule has 1 rings (SSSR count). The van der Waals surface area contributed by atoms with Crippen molar-refractivity contribution >= 4 is 5.84 Å². The molecule has 0 fully saturated rings. The fourth-order valence-electron chi connectivity index (χ4n) is 0.615. The summed E-state index contributed by atoms with van der Waals surface area (Å²) in [5.41, 5.74) is 0. The highest BCUT2D eigenvalue weighted by Gasteiger charge is 1.87. The van der Waals surface area contributed by atoms with E-state index >= 15 is 0 Å². The standard InChI is InChI=1S/C6H10N2/c1-6-7-4-2-3-5-8-6/h2,4H,3,5H2,1H3,(H,7,8). The first-order valence-corrected chi connectivity index (χ1v) is 2.82. The van der Waals surface area contributed by atoms with Crippen molar-refractivity contribution in [1.29, 1.82) is 0 Å². The van der Waals surface area contributed by atoms with E-state index in [1.165, 1.54) is 0 Å². The van der Waals surface area contributed by atoms with Crippen LogP contribution in [0.25, 0.3) is 0 Å². The van der Waals surface area contributed by atoms with Gasteiger partial charge in [0, 0.05) is 6.54 Å². The van der Waals surface area contributed by atoms with Gasteiger partial charge in [-0.05, 0) is 19.5 Å². The van der Waals surface area contributed by atoms with Crippen LogP contribution in [0.5, 0.6) is 0 Å². The normalized spacial score (nSPS) is 18.9. The number of hydrogen-bond donors (Lipinski definition) is 1. The molecule has 1 N–H and O–H groups in total. The zero-order valence-corrected chi connectivity index (χ0v) is 5.02. The van der Waals surface area contributed by atoms with Crippen molar-refractivity contribution in [2.75, 3.05) is 6.54 Å². The summed E-state index contributed by atoms with van der Waals surface area (Å²) in [5.74, 6) is 1.01. The van der Waals surface area contributed by atoms with Crippen molar-refractivity contribution < 1.29 is 0 Å². The van der Waals surface area contributed by atoms with Gasteiger partial charge in [-0.15, -0.1) is 0 Å². The van der Waals surface area contributed by atoms with Crippen LogP contribution in [0.1, 0.15) is 13.3 Å². The molecular weight excluding hydrogens is 100 g/mol. The lowest BCUT2D eigenvalue weighted by Crippen LogP contribution is -2.11. The molecule has 8 heavy (non-hydrogen) atoms. The van der Waals surface area contributed by atoms with E-state index in [0.29, 0.717) is 0 Å². The molecule has 1 aliphatic heterocycles. The summed E-state index contributed by atoms with van der Waals surface area (Å²) in [6.45, 7) is 2.89. The van der Waals surface area contributed by atoms with E-state index in [0.717, 1.165) is 18.8 Å². The van der Waals surface area contributed by atoms with E-state index in [1.807, 2.05) is 13.1 Å². The second-order valence-corrected chi connectivity index (χ2v) is 1.80. The number of hydrogen-bond acceptors (Lipinski definition) is 2. The van der Waals surface area contributed by atoms with Crippen molar-refractivity contribution in [2.24, 2.45) is 4.99 Å². The average Bonchev–Trinajstić information content (AvgIpc) is 1.94. The van der Waals surface area contributed by atoms with E-state index in [9.17, 15) is 0 Å². The monoisotopic (exact) mass is 110 g/mol. The molecule has 44 valence electrons. The van der Waals surface area contributed by atoms with Crippen molar-refractivity contribution in [3.05, 3.63) is 12.3 Å². The van der Waals surface area contributed by atoms with E-state index in [-0.39, 0.29) is 0 Å². The Bertz CT molecular complexity index is 124. The molecule has 1 aliphatic rings. The first-order valence-electron chi connectivity index (χ1n) is 2.82. The lowest BCUT2D eigenvalue weighted by Gasteiger charge is -1.92. The van der Waals surface area contributed by atoms with Gasteiger partial charge in [-0.2, -0.15) is 0 Å². The fourth-order valence-corrected chi connectivity index (χ4v) is 0.615. The molecular formula is C6H10N2. The third-order valence-corrected chi connectivity index (χ3v) is 1.05. The maximum Gasteiger partial charge on any atom is 0.0970 e. The quantitative estimate of drug-likeness (QED) is 0.492. The summed E-state index contributed by atoms with van der Waals surface area (Å²) in [6, 6.07) is 0. The summed E-state index contributed by atoms with van der Waals surface area (Å²) in [6.07, 6.45) is 5.08. The van der Waals surface area contributed by atoms with Crippen molar-refractivity contribution in [3.8, 4) is 0 Å². The predicted octanol–water partition coefficient (Wildman–Crippen LogP) is 0.912. The minimum Gasteiger partial charge on any atom is -0.351 e. The van der Waals surface area contributed by atoms with Gasteiger partial charge >= 0.3 is 0 Å². The Morgan fingerprint density at radius 3 is 3.50 bits per heavy atom. The highest BCUT2D eigenvalue weighted by Crippen LogP contribution is 1.88. The number of nitrogens with zero attached hydrogens (tertiary/aromatic N) is 1. The molecule has 0 unspecified atom stereocenters. The van der Waals surface area contributed by atoms with E-state index in [1.54, 1.807) is 0 Å². The fraction of sp³-hybridized carbons (Fsp3) is 0.500. The van der Waals surface area contributed by atoms with Crippen LogP contribution in [0.3, 0.4) is 0 Å². The molecule has 0 bridgehead atoms. The molecule has 0 radical (unpaired) electrons. The lowest BCUT2D eigenvalue weighted by atomic mass is 10.4. The molecule has 0 aromatic heterocycles. The van der Waals surface area contributed by atoms with Crippen LogP contribution in [0, 0.1) is 0 Å². The minimum atomic E-state index is 0.926. The second-order valence-electron chi connectivity index (χ2n) is 1.80. The van der Waals surface area contributed by atoms with Gasteiger partial charge in [0.2, 0.25) is 0 Å². The molecule has 1 heterocycles. The molecule has 0 aliphatic carbocycles. The Morgan fingerprint density at radius 1 is 1.75 bits per heavy atom. The summed E-state index contributed by atoms with van der Waals surface area (Å²) in [4.78, 5) is 4.17. The maximum absolute atomic E-state index is 4.17. The number of amidine groups is 1. The van der Waals surface area contributed by atoms with Gasteiger partial charge in [0.05, 0.1) is 5.84 Å². The third kappa shape index (κ3) is 1.37. The molecule has 2 nitrogen and oxygen atoms in total. The molecule has 0 saturated carbocycles. The van der Waals surface area contributed by atoms with Crippen molar-refractivity contribution in [1.82, 2.24) is 5.32 Å².